The Morgan fingerprint density at radius 2 is 1.57 bits per heavy atom. The Labute approximate surface area is 184 Å². The minimum Gasteiger partial charge on any atom is -0.350 e. The van der Waals surface area contributed by atoms with Gasteiger partial charge in [0.2, 0.25) is 0 Å². The number of anilines is 2. The smallest absolute Gasteiger partial charge is 0.282 e. The van der Waals surface area contributed by atoms with E-state index in [1.54, 1.807) is 24.3 Å². The topological polar surface area (TPSA) is 49.4 Å². The molecular weight excluding hydrogens is 416 g/mol. The lowest BCUT2D eigenvalue weighted by molar-refractivity contribution is -0.120. The van der Waals surface area contributed by atoms with E-state index >= 15 is 0 Å². The Balaban J connectivity index is 1.73. The van der Waals surface area contributed by atoms with Crippen LogP contribution in [0.4, 0.5) is 11.4 Å². The molecule has 2 amide bonds. The first-order chi connectivity index (χ1) is 14.3. The Morgan fingerprint density at radius 1 is 0.900 bits per heavy atom. The Hall–Kier alpha value is -2.89. The second kappa shape index (κ2) is 7.74. The molecule has 2 aromatic carbocycles. The number of carbonyl (C=O) groups is 2. The van der Waals surface area contributed by atoms with Crippen molar-refractivity contribution in [2.45, 2.75) is 26.2 Å². The second-order valence-electron chi connectivity index (χ2n) is 8.10. The highest BCUT2D eigenvalue weighted by molar-refractivity contribution is 7.11. The zero-order valence-corrected chi connectivity index (χ0v) is 18.5. The monoisotopic (exact) mass is 436 g/mol. The molecule has 3 aromatic rings. The minimum absolute atomic E-state index is 0.0322. The normalized spacial score (nSPS) is 14.6. The fourth-order valence-electron chi connectivity index (χ4n) is 3.32. The van der Waals surface area contributed by atoms with Crippen LogP contribution in [0.25, 0.3) is 5.57 Å². The Kier molecular flexibility index (Phi) is 5.26. The molecule has 1 aliphatic heterocycles. The molecule has 4 rings (SSSR count). The number of thiophene rings is 1. The van der Waals surface area contributed by atoms with Crippen molar-refractivity contribution in [1.82, 2.24) is 0 Å². The lowest BCUT2D eigenvalue weighted by Gasteiger charge is -2.19. The van der Waals surface area contributed by atoms with Crippen LogP contribution in [0.15, 0.2) is 71.7 Å². The van der Waals surface area contributed by atoms with Gasteiger partial charge in [0.05, 0.1) is 11.3 Å². The fraction of sp³-hybridized carbons (Fsp3) is 0.167. The first-order valence-electron chi connectivity index (χ1n) is 9.56. The van der Waals surface area contributed by atoms with Gasteiger partial charge in [-0.3, -0.25) is 9.59 Å². The largest absolute Gasteiger partial charge is 0.350 e. The van der Waals surface area contributed by atoms with Crippen LogP contribution in [-0.4, -0.2) is 11.8 Å². The van der Waals surface area contributed by atoms with Crippen LogP contribution in [-0.2, 0) is 15.0 Å². The molecule has 1 N–H and O–H groups in total. The van der Waals surface area contributed by atoms with E-state index in [9.17, 15) is 9.59 Å². The van der Waals surface area contributed by atoms with Crippen LogP contribution in [0.1, 0.15) is 31.2 Å². The average molecular weight is 437 g/mol. The zero-order chi connectivity index (χ0) is 21.5. The summed E-state index contributed by atoms with van der Waals surface area (Å²) in [5, 5.41) is 5.63. The van der Waals surface area contributed by atoms with E-state index in [4.69, 9.17) is 11.6 Å². The maximum absolute atomic E-state index is 13.3. The molecule has 30 heavy (non-hydrogen) atoms. The van der Waals surface area contributed by atoms with Gasteiger partial charge in [-0.1, -0.05) is 50.6 Å². The molecule has 0 radical (unpaired) electrons. The third kappa shape index (κ3) is 3.78. The molecule has 0 aliphatic carbocycles. The van der Waals surface area contributed by atoms with Crippen molar-refractivity contribution in [1.29, 1.82) is 0 Å². The number of hydrogen-bond acceptors (Lipinski definition) is 4. The van der Waals surface area contributed by atoms with Gasteiger partial charge in [0.1, 0.15) is 5.70 Å². The maximum atomic E-state index is 13.3. The number of nitrogens with zero attached hydrogens (tertiary/aromatic N) is 1. The molecule has 0 unspecified atom stereocenters. The molecule has 152 valence electrons. The van der Waals surface area contributed by atoms with Crippen LogP contribution in [0.5, 0.6) is 0 Å². The van der Waals surface area contributed by atoms with Gasteiger partial charge in [0.15, 0.2) is 0 Å². The molecule has 0 fully saturated rings. The minimum atomic E-state index is -0.384. The molecule has 0 spiro atoms. The summed E-state index contributed by atoms with van der Waals surface area (Å²) in [6, 6.07) is 18.3. The van der Waals surface area contributed by atoms with Crippen LogP contribution in [0.3, 0.4) is 0 Å². The molecule has 1 aliphatic rings. The van der Waals surface area contributed by atoms with Gasteiger partial charge in [-0.2, -0.15) is 0 Å². The molecule has 1 aromatic heterocycles. The number of hydrogen-bond donors (Lipinski definition) is 1. The summed E-state index contributed by atoms with van der Waals surface area (Å²) in [6.07, 6.45) is 0. The average Bonchev–Trinajstić information content (AvgIpc) is 3.30. The number of halogens is 1. The molecule has 0 bridgehead atoms. The molecule has 0 saturated heterocycles. The summed E-state index contributed by atoms with van der Waals surface area (Å²) in [4.78, 5) is 28.5. The first kappa shape index (κ1) is 20.4. The Bertz CT molecular complexity index is 1130. The fourth-order valence-corrected chi connectivity index (χ4v) is 4.21. The van der Waals surface area contributed by atoms with Gasteiger partial charge in [0, 0.05) is 15.6 Å². The summed E-state index contributed by atoms with van der Waals surface area (Å²) in [7, 11) is 0. The van der Waals surface area contributed by atoms with E-state index in [1.807, 2.05) is 41.8 Å². The molecule has 4 nitrogen and oxygen atoms in total. The van der Waals surface area contributed by atoms with E-state index in [0.717, 1.165) is 10.6 Å². The van der Waals surface area contributed by atoms with Crippen LogP contribution in [0, 0.1) is 0 Å². The highest BCUT2D eigenvalue weighted by atomic mass is 35.5. The lowest BCUT2D eigenvalue weighted by Crippen LogP contribution is -2.32. The van der Waals surface area contributed by atoms with E-state index < -0.39 is 0 Å². The number of carbonyl (C=O) groups excluding carboxylic acids is 2. The van der Waals surface area contributed by atoms with Crippen molar-refractivity contribution < 1.29 is 9.59 Å². The van der Waals surface area contributed by atoms with E-state index in [0.29, 0.717) is 16.3 Å². The third-order valence-electron chi connectivity index (χ3n) is 4.96. The molecule has 6 heteroatoms. The number of imide groups is 1. The molecule has 0 atom stereocenters. The van der Waals surface area contributed by atoms with Gasteiger partial charge in [-0.25, -0.2) is 4.90 Å². The summed E-state index contributed by atoms with van der Waals surface area (Å²) < 4.78 is 0. The molecule has 0 saturated carbocycles. The van der Waals surface area contributed by atoms with E-state index in [2.05, 4.69) is 26.1 Å². The van der Waals surface area contributed by atoms with Crippen molar-refractivity contribution >= 4 is 51.7 Å². The number of benzene rings is 2. The van der Waals surface area contributed by atoms with E-state index in [1.165, 1.54) is 21.8 Å². The van der Waals surface area contributed by atoms with Crippen LogP contribution < -0.4 is 10.2 Å². The van der Waals surface area contributed by atoms with Crippen molar-refractivity contribution in [2.75, 3.05) is 10.2 Å². The number of nitrogens with one attached hydrogen (secondary N) is 1. The predicted octanol–water partition coefficient (Wildman–Crippen LogP) is 6.10. The van der Waals surface area contributed by atoms with Gasteiger partial charge in [0.25, 0.3) is 11.8 Å². The SMILES string of the molecule is CC(C)(C)c1ccc(NC2=C(c3cccs3)C(=O)N(c3ccc(Cl)cc3)C2=O)cc1. The number of rotatable bonds is 4. The second-order valence-corrected chi connectivity index (χ2v) is 9.49. The van der Waals surface area contributed by atoms with Crippen LogP contribution in [0.2, 0.25) is 5.02 Å². The highest BCUT2D eigenvalue weighted by Gasteiger charge is 2.40. The van der Waals surface area contributed by atoms with Crippen molar-refractivity contribution in [3.8, 4) is 0 Å². The first-order valence-corrected chi connectivity index (χ1v) is 10.8. The number of amides is 2. The van der Waals surface area contributed by atoms with Crippen molar-refractivity contribution in [3.05, 3.63) is 87.2 Å². The summed E-state index contributed by atoms with van der Waals surface area (Å²) in [5.41, 5.74) is 3.13. The van der Waals surface area contributed by atoms with Crippen molar-refractivity contribution in [3.63, 3.8) is 0 Å². The van der Waals surface area contributed by atoms with Gasteiger partial charge in [-0.15, -0.1) is 11.3 Å². The van der Waals surface area contributed by atoms with Crippen LogP contribution >= 0.6 is 22.9 Å². The predicted molar refractivity (Wildman–Crippen MR) is 124 cm³/mol. The van der Waals surface area contributed by atoms with Crippen molar-refractivity contribution in [2.24, 2.45) is 0 Å². The zero-order valence-electron chi connectivity index (χ0n) is 16.9. The van der Waals surface area contributed by atoms with Gasteiger partial charge in [-0.05, 0) is 58.8 Å². The summed E-state index contributed by atoms with van der Waals surface area (Å²) >= 11 is 7.40. The molecule has 2 heterocycles. The quantitative estimate of drug-likeness (QED) is 0.503. The third-order valence-corrected chi connectivity index (χ3v) is 6.10. The summed E-state index contributed by atoms with van der Waals surface area (Å²) in [6.45, 7) is 6.45. The maximum Gasteiger partial charge on any atom is 0.282 e. The highest BCUT2D eigenvalue weighted by Crippen LogP contribution is 2.36. The van der Waals surface area contributed by atoms with E-state index in [-0.39, 0.29) is 22.9 Å². The standard InChI is InChI=1S/C24H21ClN2O2S/c1-24(2,3)15-6-10-17(11-7-15)26-21-20(19-5-4-14-30-19)22(28)27(23(21)29)18-12-8-16(25)9-13-18/h4-14,26H,1-3H3. The van der Waals surface area contributed by atoms with Gasteiger partial charge < -0.3 is 5.32 Å². The lowest BCUT2D eigenvalue weighted by atomic mass is 9.87. The summed E-state index contributed by atoms with van der Waals surface area (Å²) in [5.74, 6) is -0.732. The van der Waals surface area contributed by atoms with Gasteiger partial charge >= 0.3 is 0 Å². The Morgan fingerprint density at radius 3 is 2.13 bits per heavy atom. The molecular formula is C24H21ClN2O2S.